The van der Waals surface area contributed by atoms with E-state index in [4.69, 9.17) is 4.98 Å². The van der Waals surface area contributed by atoms with Crippen molar-refractivity contribution in [1.82, 2.24) is 9.88 Å². The van der Waals surface area contributed by atoms with Crippen LogP contribution < -0.4 is 0 Å². The highest BCUT2D eigenvalue weighted by Crippen LogP contribution is 2.31. The van der Waals surface area contributed by atoms with Crippen LogP contribution in [0.5, 0.6) is 0 Å². The number of hydrogen-bond donors (Lipinski definition) is 0. The van der Waals surface area contributed by atoms with E-state index in [9.17, 15) is 14.9 Å². The van der Waals surface area contributed by atoms with Crippen LogP contribution in [0, 0.1) is 10.1 Å². The number of hydrogen-bond acceptors (Lipinski definition) is 4. The molecule has 0 atom stereocenters. The first-order valence-electron chi connectivity index (χ1n) is 9.61. The molecule has 0 aliphatic carbocycles. The van der Waals surface area contributed by atoms with Crippen LogP contribution in [0.4, 0.5) is 5.69 Å². The van der Waals surface area contributed by atoms with Crippen LogP contribution in [0.1, 0.15) is 21.5 Å². The molecule has 1 aliphatic heterocycles. The summed E-state index contributed by atoms with van der Waals surface area (Å²) < 4.78 is 0. The molecular weight excluding hydrogens is 378 g/mol. The SMILES string of the molecule is O=C(c1cc(-c2ccccc2)nc2ccccc12)N1Cc2ccc([N+](=O)[O-])cc2C1. The minimum absolute atomic E-state index is 0.0452. The third-order valence-electron chi connectivity index (χ3n) is 5.43. The molecule has 2 heterocycles. The van der Waals surface area contributed by atoms with E-state index in [2.05, 4.69) is 0 Å². The molecule has 0 fully saturated rings. The van der Waals surface area contributed by atoms with Gasteiger partial charge >= 0.3 is 0 Å². The normalized spacial score (nSPS) is 12.7. The minimum atomic E-state index is -0.409. The molecule has 4 aromatic rings. The van der Waals surface area contributed by atoms with Crippen molar-refractivity contribution in [3.05, 3.63) is 106 Å². The molecule has 1 aliphatic rings. The van der Waals surface area contributed by atoms with Gasteiger partial charge in [-0.05, 0) is 23.3 Å². The van der Waals surface area contributed by atoms with Crippen molar-refractivity contribution >= 4 is 22.5 Å². The Labute approximate surface area is 172 Å². The Morgan fingerprint density at radius 2 is 1.63 bits per heavy atom. The van der Waals surface area contributed by atoms with Crippen molar-refractivity contribution in [3.63, 3.8) is 0 Å². The fraction of sp³-hybridized carbons (Fsp3) is 0.0833. The third-order valence-corrected chi connectivity index (χ3v) is 5.43. The predicted molar refractivity (Wildman–Crippen MR) is 114 cm³/mol. The fourth-order valence-electron chi connectivity index (χ4n) is 3.92. The number of carbonyl (C=O) groups is 1. The van der Waals surface area contributed by atoms with E-state index < -0.39 is 4.92 Å². The number of aromatic nitrogens is 1. The van der Waals surface area contributed by atoms with Gasteiger partial charge in [0.1, 0.15) is 0 Å². The summed E-state index contributed by atoms with van der Waals surface area (Å²) in [6.45, 7) is 0.788. The molecule has 0 saturated carbocycles. The van der Waals surface area contributed by atoms with Crippen LogP contribution in [-0.2, 0) is 13.1 Å². The Morgan fingerprint density at radius 3 is 2.43 bits per heavy atom. The molecule has 0 bridgehead atoms. The number of amides is 1. The number of nitro benzene ring substituents is 1. The van der Waals surface area contributed by atoms with Crippen LogP contribution in [0.3, 0.4) is 0 Å². The van der Waals surface area contributed by atoms with Crippen molar-refractivity contribution in [2.75, 3.05) is 0 Å². The number of rotatable bonds is 3. The molecule has 146 valence electrons. The Hall–Kier alpha value is -4.06. The average Bonchev–Trinajstić information content (AvgIpc) is 3.22. The smallest absolute Gasteiger partial charge is 0.269 e. The van der Waals surface area contributed by atoms with Gasteiger partial charge in [0.15, 0.2) is 0 Å². The summed E-state index contributed by atoms with van der Waals surface area (Å²) in [7, 11) is 0. The van der Waals surface area contributed by atoms with Gasteiger partial charge in [-0.1, -0.05) is 54.6 Å². The second-order valence-electron chi connectivity index (χ2n) is 7.31. The summed E-state index contributed by atoms with van der Waals surface area (Å²) in [5, 5.41) is 11.9. The second-order valence-corrected chi connectivity index (χ2v) is 7.31. The molecule has 6 heteroatoms. The van der Waals surface area contributed by atoms with Gasteiger partial charge in [0.25, 0.3) is 11.6 Å². The first-order valence-corrected chi connectivity index (χ1v) is 9.61. The quantitative estimate of drug-likeness (QED) is 0.363. The molecule has 0 saturated heterocycles. The maximum absolute atomic E-state index is 13.5. The zero-order valence-corrected chi connectivity index (χ0v) is 16.0. The van der Waals surface area contributed by atoms with Gasteiger partial charge in [0.2, 0.25) is 0 Å². The standard InChI is InChI=1S/C24H17N3O3/c28-24(26-14-17-10-11-19(27(29)30)12-18(17)15-26)21-13-23(16-6-2-1-3-7-16)25-22-9-5-4-8-20(21)22/h1-13H,14-15H2. The number of nitro groups is 1. The van der Waals surface area contributed by atoms with Gasteiger partial charge in [-0.25, -0.2) is 4.98 Å². The Kier molecular flexibility index (Phi) is 4.25. The number of fused-ring (bicyclic) bond motifs is 2. The fourth-order valence-corrected chi connectivity index (χ4v) is 3.92. The largest absolute Gasteiger partial charge is 0.330 e. The van der Waals surface area contributed by atoms with Gasteiger partial charge < -0.3 is 4.90 Å². The molecule has 30 heavy (non-hydrogen) atoms. The third kappa shape index (κ3) is 3.08. The van der Waals surface area contributed by atoms with Gasteiger partial charge in [0.05, 0.1) is 21.7 Å². The lowest BCUT2D eigenvalue weighted by molar-refractivity contribution is -0.384. The average molecular weight is 395 g/mol. The van der Waals surface area contributed by atoms with E-state index in [1.807, 2.05) is 60.7 Å². The molecule has 6 nitrogen and oxygen atoms in total. The lowest BCUT2D eigenvalue weighted by Gasteiger charge is -2.17. The highest BCUT2D eigenvalue weighted by atomic mass is 16.6. The molecular formula is C24H17N3O3. The number of pyridine rings is 1. The zero-order chi connectivity index (χ0) is 20.7. The van der Waals surface area contributed by atoms with Crippen molar-refractivity contribution in [3.8, 4) is 11.3 Å². The molecule has 5 rings (SSSR count). The van der Waals surface area contributed by atoms with E-state index in [0.717, 1.165) is 33.3 Å². The van der Waals surface area contributed by atoms with Gasteiger partial charge in [-0.2, -0.15) is 0 Å². The predicted octanol–water partition coefficient (Wildman–Crippen LogP) is 4.97. The number of carbonyl (C=O) groups excluding carboxylic acids is 1. The van der Waals surface area contributed by atoms with E-state index >= 15 is 0 Å². The summed E-state index contributed by atoms with van der Waals surface area (Å²) in [5.41, 5.74) is 4.83. The molecule has 1 aromatic heterocycles. The van der Waals surface area contributed by atoms with Crippen LogP contribution in [0.25, 0.3) is 22.2 Å². The zero-order valence-electron chi connectivity index (χ0n) is 16.0. The second kappa shape index (κ2) is 7.08. The molecule has 1 amide bonds. The molecule has 0 radical (unpaired) electrons. The minimum Gasteiger partial charge on any atom is -0.330 e. The van der Waals surface area contributed by atoms with Crippen LogP contribution in [0.15, 0.2) is 78.9 Å². The van der Waals surface area contributed by atoms with Crippen molar-refractivity contribution in [2.45, 2.75) is 13.1 Å². The lowest BCUT2D eigenvalue weighted by Crippen LogP contribution is -2.25. The lowest BCUT2D eigenvalue weighted by atomic mass is 10.0. The number of benzene rings is 3. The molecule has 0 N–H and O–H groups in total. The highest BCUT2D eigenvalue weighted by molar-refractivity contribution is 6.07. The Balaban J connectivity index is 1.56. The van der Waals surface area contributed by atoms with Crippen molar-refractivity contribution in [2.24, 2.45) is 0 Å². The first kappa shape index (κ1) is 18.0. The monoisotopic (exact) mass is 395 g/mol. The number of nitrogens with zero attached hydrogens (tertiary/aromatic N) is 3. The van der Waals surface area contributed by atoms with Crippen molar-refractivity contribution in [1.29, 1.82) is 0 Å². The van der Waals surface area contributed by atoms with Crippen LogP contribution >= 0.6 is 0 Å². The molecule has 3 aromatic carbocycles. The number of para-hydroxylation sites is 1. The van der Waals surface area contributed by atoms with Gasteiger partial charge in [-0.3, -0.25) is 14.9 Å². The van der Waals surface area contributed by atoms with Gasteiger partial charge in [-0.15, -0.1) is 0 Å². The Morgan fingerprint density at radius 1 is 0.900 bits per heavy atom. The summed E-state index contributed by atoms with van der Waals surface area (Å²) in [6, 6.07) is 24.0. The van der Waals surface area contributed by atoms with E-state index in [1.54, 1.807) is 17.0 Å². The van der Waals surface area contributed by atoms with Crippen LogP contribution in [0.2, 0.25) is 0 Å². The molecule has 0 spiro atoms. The van der Waals surface area contributed by atoms with E-state index in [1.165, 1.54) is 6.07 Å². The summed E-state index contributed by atoms with van der Waals surface area (Å²) in [4.78, 5) is 30.6. The number of non-ortho nitro benzene ring substituents is 1. The summed E-state index contributed by atoms with van der Waals surface area (Å²) in [5.74, 6) is -0.107. The molecule has 0 unspecified atom stereocenters. The van der Waals surface area contributed by atoms with E-state index in [-0.39, 0.29) is 11.6 Å². The highest BCUT2D eigenvalue weighted by Gasteiger charge is 2.27. The summed E-state index contributed by atoms with van der Waals surface area (Å²) >= 11 is 0. The maximum atomic E-state index is 13.5. The van der Waals surface area contributed by atoms with E-state index in [0.29, 0.717) is 18.7 Å². The maximum Gasteiger partial charge on any atom is 0.269 e. The van der Waals surface area contributed by atoms with Crippen molar-refractivity contribution < 1.29 is 9.72 Å². The summed E-state index contributed by atoms with van der Waals surface area (Å²) in [6.07, 6.45) is 0. The topological polar surface area (TPSA) is 76.3 Å². The first-order chi connectivity index (χ1) is 14.6. The Bertz CT molecular complexity index is 1300. The van der Waals surface area contributed by atoms with Gasteiger partial charge in [0, 0.05) is 36.2 Å². The van der Waals surface area contributed by atoms with Crippen LogP contribution in [-0.4, -0.2) is 20.7 Å².